The summed E-state index contributed by atoms with van der Waals surface area (Å²) in [5.41, 5.74) is 0.790. The number of rotatable bonds is 7. The fourth-order valence-electron chi connectivity index (χ4n) is 3.72. The molecule has 36 heavy (non-hydrogen) atoms. The number of benzene rings is 3. The third kappa shape index (κ3) is 5.84. The van der Waals surface area contributed by atoms with E-state index >= 15 is 0 Å². The summed E-state index contributed by atoms with van der Waals surface area (Å²) in [6, 6.07) is 22.0. The van der Waals surface area contributed by atoms with Crippen LogP contribution in [-0.4, -0.2) is 62.4 Å². The molecule has 0 saturated carbocycles. The maximum Gasteiger partial charge on any atom is 0.409 e. The standard InChI is InChI=1S/C26H27N3O6S/c1-2-34-26(31)28-16-18-29(19-17-28)36(32,33)22-14-12-20(13-15-22)25(30)27-23-10-6-7-11-24(23)35-21-8-4-3-5-9-21/h3-15H,2,16-19H2,1H3,(H,27,30). The molecule has 0 aromatic heterocycles. The number of carbonyl (C=O) groups excluding carboxylic acids is 2. The highest BCUT2D eigenvalue weighted by Crippen LogP contribution is 2.29. The van der Waals surface area contributed by atoms with Crippen LogP contribution in [0.5, 0.6) is 11.5 Å². The number of amides is 2. The fourth-order valence-corrected chi connectivity index (χ4v) is 5.14. The van der Waals surface area contributed by atoms with Gasteiger partial charge in [0.05, 0.1) is 17.2 Å². The van der Waals surface area contributed by atoms with E-state index < -0.39 is 22.0 Å². The number of piperazine rings is 1. The van der Waals surface area contributed by atoms with Crippen LogP contribution in [0.4, 0.5) is 10.5 Å². The van der Waals surface area contributed by atoms with Crippen LogP contribution in [0.25, 0.3) is 0 Å². The van der Waals surface area contributed by atoms with Crippen LogP contribution in [0.2, 0.25) is 0 Å². The van der Waals surface area contributed by atoms with Gasteiger partial charge in [-0.15, -0.1) is 0 Å². The molecule has 1 N–H and O–H groups in total. The maximum absolute atomic E-state index is 13.1. The van der Waals surface area contributed by atoms with Crippen LogP contribution in [0.15, 0.2) is 83.8 Å². The van der Waals surface area contributed by atoms with E-state index in [2.05, 4.69) is 5.32 Å². The van der Waals surface area contributed by atoms with E-state index in [1.165, 1.54) is 33.5 Å². The summed E-state index contributed by atoms with van der Waals surface area (Å²) in [6.07, 6.45) is -0.444. The first-order valence-corrected chi connectivity index (χ1v) is 13.0. The minimum atomic E-state index is -3.76. The number of carbonyl (C=O) groups is 2. The number of anilines is 1. The lowest BCUT2D eigenvalue weighted by molar-refractivity contribution is 0.0933. The van der Waals surface area contributed by atoms with Crippen LogP contribution < -0.4 is 10.1 Å². The second-order valence-electron chi connectivity index (χ2n) is 7.98. The molecule has 1 fully saturated rings. The Labute approximate surface area is 210 Å². The highest BCUT2D eigenvalue weighted by molar-refractivity contribution is 7.89. The molecule has 1 aliphatic heterocycles. The number of sulfonamides is 1. The Kier molecular flexibility index (Phi) is 7.87. The van der Waals surface area contributed by atoms with Gasteiger partial charge in [0.15, 0.2) is 5.75 Å². The van der Waals surface area contributed by atoms with Crippen LogP contribution in [0, 0.1) is 0 Å². The van der Waals surface area contributed by atoms with E-state index in [4.69, 9.17) is 9.47 Å². The Hall–Kier alpha value is -3.89. The maximum atomic E-state index is 13.1. The largest absolute Gasteiger partial charge is 0.455 e. The summed E-state index contributed by atoms with van der Waals surface area (Å²) in [4.78, 5) is 26.3. The molecule has 2 amide bonds. The zero-order valence-electron chi connectivity index (χ0n) is 19.8. The minimum absolute atomic E-state index is 0.0800. The molecule has 0 bridgehead atoms. The van der Waals surface area contributed by atoms with Crippen molar-refractivity contribution in [3.63, 3.8) is 0 Å². The van der Waals surface area contributed by atoms with Gasteiger partial charge in [-0.3, -0.25) is 4.79 Å². The quantitative estimate of drug-likeness (QED) is 0.512. The van der Waals surface area contributed by atoms with Crippen molar-refractivity contribution in [2.75, 3.05) is 38.1 Å². The molecule has 0 aliphatic carbocycles. The Bertz CT molecular complexity index is 1310. The molecular formula is C26H27N3O6S. The lowest BCUT2D eigenvalue weighted by atomic mass is 10.2. The summed E-state index contributed by atoms with van der Waals surface area (Å²) in [5.74, 6) is 0.723. The first kappa shape index (κ1) is 25.2. The molecule has 3 aromatic carbocycles. The molecule has 0 unspecified atom stereocenters. The molecule has 188 valence electrons. The third-order valence-electron chi connectivity index (χ3n) is 5.63. The van der Waals surface area contributed by atoms with E-state index in [1.807, 2.05) is 30.3 Å². The molecule has 0 radical (unpaired) electrons. The van der Waals surface area contributed by atoms with Gasteiger partial charge in [0.2, 0.25) is 10.0 Å². The monoisotopic (exact) mass is 509 g/mol. The zero-order valence-corrected chi connectivity index (χ0v) is 20.6. The topological polar surface area (TPSA) is 105 Å². The Morgan fingerprint density at radius 1 is 0.861 bits per heavy atom. The van der Waals surface area contributed by atoms with Crippen LogP contribution >= 0.6 is 0 Å². The van der Waals surface area contributed by atoms with Gasteiger partial charge in [0.1, 0.15) is 5.75 Å². The van der Waals surface area contributed by atoms with Gasteiger partial charge >= 0.3 is 6.09 Å². The highest BCUT2D eigenvalue weighted by atomic mass is 32.2. The summed E-state index contributed by atoms with van der Waals surface area (Å²) < 4.78 is 38.3. The number of nitrogens with one attached hydrogen (secondary N) is 1. The van der Waals surface area contributed by atoms with Crippen molar-refractivity contribution in [2.45, 2.75) is 11.8 Å². The van der Waals surface area contributed by atoms with Crippen molar-refractivity contribution in [3.8, 4) is 11.5 Å². The van der Waals surface area contributed by atoms with Gasteiger partial charge in [0, 0.05) is 31.7 Å². The summed E-state index contributed by atoms with van der Waals surface area (Å²) in [5, 5.41) is 2.82. The molecule has 0 spiro atoms. The third-order valence-corrected chi connectivity index (χ3v) is 7.54. The highest BCUT2D eigenvalue weighted by Gasteiger charge is 2.30. The smallest absolute Gasteiger partial charge is 0.409 e. The SMILES string of the molecule is CCOC(=O)N1CCN(S(=O)(=O)c2ccc(C(=O)Nc3ccccc3Oc3ccccc3)cc2)CC1. The predicted octanol–water partition coefficient (Wildman–Crippen LogP) is 4.19. The number of nitrogens with zero attached hydrogens (tertiary/aromatic N) is 2. The minimum Gasteiger partial charge on any atom is -0.455 e. The van der Waals surface area contributed by atoms with Crippen molar-refractivity contribution in [2.24, 2.45) is 0 Å². The Balaban J connectivity index is 1.41. The van der Waals surface area contributed by atoms with Gasteiger partial charge in [-0.1, -0.05) is 30.3 Å². The first-order chi connectivity index (χ1) is 17.4. The Morgan fingerprint density at radius 2 is 1.50 bits per heavy atom. The molecule has 10 heteroatoms. The normalized spacial score (nSPS) is 14.2. The fraction of sp³-hybridized carbons (Fsp3) is 0.231. The number of hydrogen-bond donors (Lipinski definition) is 1. The number of para-hydroxylation sites is 3. The summed E-state index contributed by atoms with van der Waals surface area (Å²) >= 11 is 0. The van der Waals surface area contributed by atoms with Gasteiger partial charge in [-0.25, -0.2) is 13.2 Å². The van der Waals surface area contributed by atoms with Crippen molar-refractivity contribution in [3.05, 3.63) is 84.4 Å². The first-order valence-electron chi connectivity index (χ1n) is 11.5. The van der Waals surface area contributed by atoms with Gasteiger partial charge in [-0.2, -0.15) is 4.31 Å². The average Bonchev–Trinajstić information content (AvgIpc) is 2.90. The second-order valence-corrected chi connectivity index (χ2v) is 9.92. The molecule has 4 rings (SSSR count). The van der Waals surface area contributed by atoms with E-state index in [0.717, 1.165) is 0 Å². The lowest BCUT2D eigenvalue weighted by Gasteiger charge is -2.33. The molecule has 3 aromatic rings. The van der Waals surface area contributed by atoms with Crippen molar-refractivity contribution in [1.29, 1.82) is 0 Å². The molecule has 9 nitrogen and oxygen atoms in total. The van der Waals surface area contributed by atoms with E-state index in [0.29, 0.717) is 22.7 Å². The molecular weight excluding hydrogens is 482 g/mol. The average molecular weight is 510 g/mol. The van der Waals surface area contributed by atoms with Crippen LogP contribution in [0.1, 0.15) is 17.3 Å². The van der Waals surface area contributed by atoms with Crippen molar-refractivity contribution in [1.82, 2.24) is 9.21 Å². The molecule has 0 atom stereocenters. The van der Waals surface area contributed by atoms with Crippen LogP contribution in [0.3, 0.4) is 0 Å². The van der Waals surface area contributed by atoms with Crippen molar-refractivity contribution < 1.29 is 27.5 Å². The Morgan fingerprint density at radius 3 is 2.17 bits per heavy atom. The number of hydrogen-bond acceptors (Lipinski definition) is 6. The van der Waals surface area contributed by atoms with Crippen molar-refractivity contribution >= 4 is 27.7 Å². The number of ether oxygens (including phenoxy) is 2. The predicted molar refractivity (Wildman–Crippen MR) is 135 cm³/mol. The van der Waals surface area contributed by atoms with E-state index in [-0.39, 0.29) is 37.7 Å². The van der Waals surface area contributed by atoms with E-state index in [1.54, 1.807) is 31.2 Å². The molecule has 1 heterocycles. The van der Waals surface area contributed by atoms with Gasteiger partial charge in [-0.05, 0) is 55.5 Å². The van der Waals surface area contributed by atoms with Crippen LogP contribution in [-0.2, 0) is 14.8 Å². The second kappa shape index (κ2) is 11.2. The van der Waals surface area contributed by atoms with Gasteiger partial charge < -0.3 is 19.7 Å². The molecule has 1 saturated heterocycles. The lowest BCUT2D eigenvalue weighted by Crippen LogP contribution is -2.50. The zero-order chi connectivity index (χ0) is 25.5. The summed E-state index contributed by atoms with van der Waals surface area (Å²) in [7, 11) is -3.76. The van der Waals surface area contributed by atoms with E-state index in [9.17, 15) is 18.0 Å². The summed E-state index contributed by atoms with van der Waals surface area (Å²) in [6.45, 7) is 2.83. The molecule has 1 aliphatic rings. The van der Waals surface area contributed by atoms with Gasteiger partial charge in [0.25, 0.3) is 5.91 Å².